The molecule has 0 radical (unpaired) electrons. The zero-order valence-electron chi connectivity index (χ0n) is 12.8. The van der Waals surface area contributed by atoms with Gasteiger partial charge < -0.3 is 11.5 Å². The molecule has 0 aliphatic heterocycles. The molecule has 2 nitrogen and oxygen atoms in total. The van der Waals surface area contributed by atoms with E-state index in [1.807, 2.05) is 0 Å². The Morgan fingerprint density at radius 1 is 0.762 bits per heavy atom. The Hall–Kier alpha value is -0.500. The van der Waals surface area contributed by atoms with E-state index < -0.39 is 0 Å². The van der Waals surface area contributed by atoms with Crippen molar-refractivity contribution in [2.24, 2.45) is 0 Å². The van der Waals surface area contributed by atoms with Crippen LogP contribution >= 0.6 is 45.2 Å². The lowest BCUT2D eigenvalue weighted by Gasteiger charge is -2.18. The number of benzene rings is 2. The van der Waals surface area contributed by atoms with Gasteiger partial charge in [0.2, 0.25) is 0 Å². The van der Waals surface area contributed by atoms with Crippen molar-refractivity contribution in [1.29, 1.82) is 0 Å². The lowest BCUT2D eigenvalue weighted by Crippen LogP contribution is -2.07. The highest BCUT2D eigenvalue weighted by atomic mass is 127. The number of halogens is 2. The molecule has 2 aromatic rings. The number of nitrogens with two attached hydrogens (primary N) is 2. The molecule has 4 N–H and O–H groups in total. The van der Waals surface area contributed by atoms with Crippen LogP contribution in [0.4, 0.5) is 11.4 Å². The number of hydrogen-bond donors (Lipinski definition) is 2. The maximum absolute atomic E-state index is 6.15. The highest BCUT2D eigenvalue weighted by molar-refractivity contribution is 14.1. The van der Waals surface area contributed by atoms with Gasteiger partial charge >= 0.3 is 0 Å². The summed E-state index contributed by atoms with van der Waals surface area (Å²) in [5.74, 6) is 0. The molecular weight excluding hydrogens is 486 g/mol. The largest absolute Gasteiger partial charge is 0.398 e. The molecule has 0 saturated heterocycles. The summed E-state index contributed by atoms with van der Waals surface area (Å²) in [6, 6.07) is 4.12. The van der Waals surface area contributed by atoms with Gasteiger partial charge in [0.15, 0.2) is 0 Å². The Morgan fingerprint density at radius 3 is 1.43 bits per heavy atom. The van der Waals surface area contributed by atoms with Crippen LogP contribution in [0.5, 0.6) is 0 Å². The van der Waals surface area contributed by atoms with Crippen LogP contribution in [-0.4, -0.2) is 0 Å². The molecular formula is C17H20I2N2. The van der Waals surface area contributed by atoms with Gasteiger partial charge in [-0.05, 0) is 118 Å². The second kappa shape index (κ2) is 6.32. The van der Waals surface area contributed by atoms with Crippen LogP contribution in [0.25, 0.3) is 0 Å². The number of aryl methyl sites for hydroxylation is 2. The summed E-state index contributed by atoms with van der Waals surface area (Å²) in [6.07, 6.45) is 0.881. The van der Waals surface area contributed by atoms with Gasteiger partial charge in [0.25, 0.3) is 0 Å². The maximum Gasteiger partial charge on any atom is 0.0455 e. The highest BCUT2D eigenvalue weighted by Gasteiger charge is 2.16. The first-order valence-corrected chi connectivity index (χ1v) is 8.97. The zero-order valence-corrected chi connectivity index (χ0v) is 17.1. The number of anilines is 2. The molecule has 0 heterocycles. The molecule has 0 aliphatic carbocycles. The van der Waals surface area contributed by atoms with Crippen molar-refractivity contribution in [3.05, 3.63) is 52.7 Å². The van der Waals surface area contributed by atoms with Gasteiger partial charge in [-0.15, -0.1) is 0 Å². The topological polar surface area (TPSA) is 52.0 Å². The quantitative estimate of drug-likeness (QED) is 0.451. The van der Waals surface area contributed by atoms with Crippen LogP contribution in [0, 0.1) is 34.8 Å². The van der Waals surface area contributed by atoms with Gasteiger partial charge in [-0.1, -0.05) is 0 Å². The van der Waals surface area contributed by atoms with E-state index in [2.05, 4.69) is 85.0 Å². The predicted octanol–water partition coefficient (Wildman–Crippen LogP) is 4.88. The second-order valence-corrected chi connectivity index (χ2v) is 7.73. The Kier molecular flexibility index (Phi) is 5.07. The van der Waals surface area contributed by atoms with E-state index in [9.17, 15) is 0 Å². The van der Waals surface area contributed by atoms with Crippen molar-refractivity contribution in [3.8, 4) is 0 Å². The summed E-state index contributed by atoms with van der Waals surface area (Å²) in [4.78, 5) is 0. The Morgan fingerprint density at radius 2 is 1.10 bits per heavy atom. The highest BCUT2D eigenvalue weighted by Crippen LogP contribution is 2.33. The predicted molar refractivity (Wildman–Crippen MR) is 109 cm³/mol. The molecule has 0 aromatic heterocycles. The van der Waals surface area contributed by atoms with Crippen molar-refractivity contribution >= 4 is 56.6 Å². The molecule has 0 aliphatic rings. The summed E-state index contributed by atoms with van der Waals surface area (Å²) >= 11 is 4.71. The number of nitrogen functional groups attached to an aromatic ring is 2. The molecule has 2 aromatic carbocycles. The molecule has 21 heavy (non-hydrogen) atoms. The molecule has 0 amide bonds. The monoisotopic (exact) mass is 506 g/mol. The van der Waals surface area contributed by atoms with Crippen LogP contribution in [-0.2, 0) is 6.42 Å². The minimum absolute atomic E-state index is 0.863. The smallest absolute Gasteiger partial charge is 0.0455 e. The summed E-state index contributed by atoms with van der Waals surface area (Å²) in [5.41, 5.74) is 21.8. The standard InChI is InChI=1S/C17H20I2N2/c1-8-5-14(20)16(18)12(10(8)3)7-13-11(4)9(2)6-15(21)17(13)19/h5-6H,7,20-21H2,1-4H3. The molecule has 0 saturated carbocycles. The van der Waals surface area contributed by atoms with Crippen molar-refractivity contribution in [1.82, 2.24) is 0 Å². The van der Waals surface area contributed by atoms with Gasteiger partial charge in [0, 0.05) is 24.9 Å². The Bertz CT molecular complexity index is 608. The lowest BCUT2D eigenvalue weighted by molar-refractivity contribution is 1.08. The fourth-order valence-electron chi connectivity index (χ4n) is 2.56. The van der Waals surface area contributed by atoms with E-state index in [0.29, 0.717) is 0 Å². The van der Waals surface area contributed by atoms with E-state index >= 15 is 0 Å². The van der Waals surface area contributed by atoms with Crippen LogP contribution in [0.3, 0.4) is 0 Å². The Balaban J connectivity index is 2.64. The Labute approximate surface area is 154 Å². The van der Waals surface area contributed by atoms with E-state index in [1.165, 1.54) is 33.4 Å². The van der Waals surface area contributed by atoms with Crippen molar-refractivity contribution in [2.45, 2.75) is 34.1 Å². The van der Waals surface area contributed by atoms with Crippen molar-refractivity contribution in [2.75, 3.05) is 11.5 Å². The van der Waals surface area contributed by atoms with Gasteiger partial charge in [-0.2, -0.15) is 0 Å². The maximum atomic E-state index is 6.15. The van der Waals surface area contributed by atoms with Crippen molar-refractivity contribution < 1.29 is 0 Å². The fraction of sp³-hybridized carbons (Fsp3) is 0.294. The lowest BCUT2D eigenvalue weighted by atomic mass is 9.92. The van der Waals surface area contributed by atoms with E-state index in [4.69, 9.17) is 11.5 Å². The van der Waals surface area contributed by atoms with E-state index in [1.54, 1.807) is 0 Å². The first-order chi connectivity index (χ1) is 9.73. The SMILES string of the molecule is Cc1cc(N)c(I)c(Cc2c(C)c(C)cc(N)c2I)c1C. The van der Waals surface area contributed by atoms with Crippen molar-refractivity contribution in [3.63, 3.8) is 0 Å². The molecule has 0 spiro atoms. The van der Waals surface area contributed by atoms with Gasteiger partial charge in [-0.3, -0.25) is 0 Å². The third-order valence-electron chi connectivity index (χ3n) is 4.22. The average molecular weight is 506 g/mol. The molecule has 0 atom stereocenters. The van der Waals surface area contributed by atoms with E-state index in [0.717, 1.165) is 24.9 Å². The average Bonchev–Trinajstić information content (AvgIpc) is 2.42. The summed E-state index contributed by atoms with van der Waals surface area (Å²) in [6.45, 7) is 8.59. The second-order valence-electron chi connectivity index (χ2n) is 5.58. The molecule has 0 unspecified atom stereocenters. The zero-order chi connectivity index (χ0) is 15.9. The molecule has 4 heteroatoms. The number of hydrogen-bond acceptors (Lipinski definition) is 2. The van der Waals surface area contributed by atoms with Gasteiger partial charge in [-0.25, -0.2) is 0 Å². The summed E-state index contributed by atoms with van der Waals surface area (Å²) < 4.78 is 2.32. The first-order valence-electron chi connectivity index (χ1n) is 6.82. The molecule has 0 bridgehead atoms. The van der Waals surface area contributed by atoms with Gasteiger partial charge in [0.05, 0.1) is 0 Å². The number of rotatable bonds is 2. The molecule has 112 valence electrons. The fourth-order valence-corrected chi connectivity index (χ4v) is 4.06. The molecule has 0 fully saturated rings. The van der Waals surface area contributed by atoms with Crippen LogP contribution < -0.4 is 11.5 Å². The van der Waals surface area contributed by atoms with E-state index in [-0.39, 0.29) is 0 Å². The van der Waals surface area contributed by atoms with Gasteiger partial charge in [0.1, 0.15) is 0 Å². The third-order valence-corrected chi connectivity index (χ3v) is 6.77. The third kappa shape index (κ3) is 3.16. The van der Waals surface area contributed by atoms with Crippen LogP contribution in [0.15, 0.2) is 12.1 Å². The summed E-state index contributed by atoms with van der Waals surface area (Å²) in [5, 5.41) is 0. The van der Waals surface area contributed by atoms with Crippen LogP contribution in [0.1, 0.15) is 33.4 Å². The summed E-state index contributed by atoms with van der Waals surface area (Å²) in [7, 11) is 0. The van der Waals surface area contributed by atoms with Crippen LogP contribution in [0.2, 0.25) is 0 Å². The minimum atomic E-state index is 0.863. The normalized spacial score (nSPS) is 11.0. The molecule has 2 rings (SSSR count). The minimum Gasteiger partial charge on any atom is -0.398 e. The first kappa shape index (κ1) is 16.9.